The molecule has 0 aliphatic carbocycles. The molecule has 0 aromatic carbocycles. The SMILES string of the molecule is BrC(Br)Br.CC(C)Cl.CSC.C[SiH](C)C([SiH](C)C)[SiH](C)C.[2H][3H].[H-].[H-].[Mg+2]. The van der Waals surface area contributed by atoms with E-state index in [2.05, 4.69) is 87.1 Å². The summed E-state index contributed by atoms with van der Waals surface area (Å²) in [4.78, 5) is 1.31. The van der Waals surface area contributed by atoms with Crippen molar-refractivity contribution in [2.45, 2.75) is 65.9 Å². The van der Waals surface area contributed by atoms with Crippen molar-refractivity contribution in [1.29, 1.82) is 0 Å². The van der Waals surface area contributed by atoms with Crippen LogP contribution in [0.15, 0.2) is 0 Å². The van der Waals surface area contributed by atoms with Crippen LogP contribution in [0.25, 0.3) is 0 Å². The summed E-state index contributed by atoms with van der Waals surface area (Å²) in [6, 6.07) is 0. The van der Waals surface area contributed by atoms with Crippen LogP contribution in [-0.2, 0) is 0 Å². The largest absolute Gasteiger partial charge is 2.00 e. The third kappa shape index (κ3) is 49.5. The summed E-state index contributed by atoms with van der Waals surface area (Å²) in [5.74, 6) is 0. The number of alkyl halides is 4. The van der Waals surface area contributed by atoms with Gasteiger partial charge in [0, 0.05) is 34.7 Å². The van der Waals surface area contributed by atoms with Crippen molar-refractivity contribution in [2.24, 2.45) is 0 Å². The molecule has 0 rings (SSSR count). The van der Waals surface area contributed by atoms with Crippen LogP contribution in [0.2, 0.25) is 44.1 Å². The standard InChI is InChI=1S/C7H22Si3.C3H7Cl.C2H6S.CHBr3.Mg.H2.2H/c1-8(2)7(9(3)4)10(5)6;1-3(2)4;1-3-2;2-1(3)4;;;;/h7-10H,1-6H3;3H,1-2H3;1-2H3;1H;;1H;;/q;;;;+2;;2*-1/i;;;;;1+2D;;. The third-order valence-corrected chi connectivity index (χ3v) is 20.8. The van der Waals surface area contributed by atoms with Crippen molar-refractivity contribution < 1.29 is 5.82 Å². The van der Waals surface area contributed by atoms with Gasteiger partial charge in [0.1, 0.15) is 2.65 Å². The van der Waals surface area contributed by atoms with E-state index in [4.69, 9.17) is 14.6 Å². The first-order valence-corrected chi connectivity index (χ1v) is 21.1. The predicted octanol–water partition coefficient (Wildman–Crippen LogP) is 7.05. The van der Waals surface area contributed by atoms with Gasteiger partial charge >= 0.3 is 23.1 Å². The Hall–Kier alpha value is 3.50. The molecular weight excluding hydrogens is 572 g/mol. The van der Waals surface area contributed by atoms with E-state index in [1.54, 1.807) is 11.8 Å². The Bertz CT molecular complexity index is 177. The first kappa shape index (κ1) is 33.1. The average Bonchev–Trinajstić information content (AvgIpc) is 2.28. The maximum Gasteiger partial charge on any atom is 2.00 e. The molecule has 0 radical (unpaired) electrons. The molecule has 0 aromatic heterocycles. The van der Waals surface area contributed by atoms with E-state index < -0.39 is 0 Å². The molecule has 0 atom stereocenters. The molecule has 0 nitrogen and oxygen atoms in total. The molecule has 0 heterocycles. The van der Waals surface area contributed by atoms with E-state index >= 15 is 0 Å². The van der Waals surface area contributed by atoms with Gasteiger partial charge in [-0.2, -0.15) is 11.8 Å². The van der Waals surface area contributed by atoms with Crippen LogP contribution in [0.4, 0.5) is 0 Å². The Morgan fingerprint density at radius 3 is 1.05 bits per heavy atom. The van der Waals surface area contributed by atoms with Gasteiger partial charge in [-0.15, -0.1) is 11.6 Å². The predicted molar refractivity (Wildman–Crippen MR) is 141 cm³/mol. The topological polar surface area (TPSA) is 0 Å². The molecule has 0 unspecified atom stereocenters. The van der Waals surface area contributed by atoms with E-state index in [1.165, 1.54) is 4.79 Å². The van der Waals surface area contributed by atoms with E-state index in [-0.39, 0.29) is 54.9 Å². The van der Waals surface area contributed by atoms with E-state index in [0.29, 0.717) is 5.38 Å². The van der Waals surface area contributed by atoms with Gasteiger partial charge < -0.3 is 2.85 Å². The molecule has 0 saturated carbocycles. The Kier molecular flexibility index (Phi) is 40.2. The molecular formula is C13H40Br3ClMgSSi3. The fraction of sp³-hybridized carbons (Fsp3) is 1.00. The van der Waals surface area contributed by atoms with Crippen molar-refractivity contribution in [3.63, 3.8) is 0 Å². The zero-order valence-electron chi connectivity index (χ0n) is 20.1. The Morgan fingerprint density at radius 1 is 0.955 bits per heavy atom. The van der Waals surface area contributed by atoms with Crippen LogP contribution in [0.5, 0.6) is 0 Å². The summed E-state index contributed by atoms with van der Waals surface area (Å²) >= 11 is 16.3. The fourth-order valence-electron chi connectivity index (χ4n) is 2.31. The van der Waals surface area contributed by atoms with Crippen molar-refractivity contribution in [3.05, 3.63) is 0 Å². The normalized spacial score (nSPS) is 10.2. The number of hydrogen-bond acceptors (Lipinski definition) is 1. The first-order valence-electron chi connectivity index (χ1n) is 8.31. The second kappa shape index (κ2) is 26.7. The molecule has 0 bridgehead atoms. The molecule has 0 aliphatic heterocycles. The Morgan fingerprint density at radius 2 is 1.05 bits per heavy atom. The van der Waals surface area contributed by atoms with Gasteiger partial charge in [0.05, 0.1) is 0 Å². The fourth-order valence-corrected chi connectivity index (χ4v) is 20.8. The minimum atomic E-state index is -0.278. The van der Waals surface area contributed by atoms with E-state index in [1.807, 2.05) is 26.4 Å². The monoisotopic (exact) mass is 611 g/mol. The van der Waals surface area contributed by atoms with Crippen LogP contribution < -0.4 is 0 Å². The number of hydrogen-bond donors (Lipinski definition) is 0. The van der Waals surface area contributed by atoms with Gasteiger partial charge in [0.2, 0.25) is 0 Å². The smallest absolute Gasteiger partial charge is 1.00 e. The van der Waals surface area contributed by atoms with Gasteiger partial charge in [-0.05, 0) is 26.4 Å². The zero-order valence-corrected chi connectivity index (χ0v) is 27.3. The Balaban J connectivity index is -0.0000000289. The second-order valence-electron chi connectivity index (χ2n) is 5.98. The van der Waals surface area contributed by atoms with Crippen LogP contribution in [0.3, 0.4) is 0 Å². The average molecular weight is 615 g/mol. The van der Waals surface area contributed by atoms with Crippen molar-refractivity contribution in [3.8, 4) is 0 Å². The number of rotatable bonds is 3. The van der Waals surface area contributed by atoms with Gasteiger partial charge in [0.15, 0.2) is 0 Å². The van der Waals surface area contributed by atoms with Crippen molar-refractivity contribution in [2.75, 3.05) is 12.5 Å². The molecule has 0 N–H and O–H groups in total. The van der Waals surface area contributed by atoms with E-state index in [0.717, 1.165) is 0 Å². The Labute approximate surface area is 202 Å². The molecule has 0 aliphatic rings. The summed E-state index contributed by atoms with van der Waals surface area (Å²) in [6.07, 6.45) is 4.08. The quantitative estimate of drug-likeness (QED) is 0.242. The maximum atomic E-state index is 5.27. The molecule has 9 heteroatoms. The maximum absolute atomic E-state index is 5.27. The molecule has 0 fully saturated rings. The number of thioether (sulfide) groups is 1. The summed E-state index contributed by atoms with van der Waals surface area (Å²) < 4.78 is 10.3. The van der Waals surface area contributed by atoms with Crippen LogP contribution in [0.1, 0.15) is 19.7 Å². The molecule has 22 heavy (non-hydrogen) atoms. The third-order valence-electron chi connectivity index (χ3n) is 2.31. The van der Waals surface area contributed by atoms with Crippen LogP contribution >= 0.6 is 71.2 Å². The van der Waals surface area contributed by atoms with Gasteiger partial charge in [-0.25, -0.2) is 0 Å². The van der Waals surface area contributed by atoms with Gasteiger partial charge in [-0.3, -0.25) is 0 Å². The zero-order chi connectivity index (χ0) is 20.2. The number of halogens is 4. The van der Waals surface area contributed by atoms with Crippen LogP contribution in [0, 0.1) is 0 Å². The molecule has 0 amide bonds. The molecule has 0 saturated heterocycles. The molecule has 140 valence electrons. The molecule has 0 spiro atoms. The molecule has 0 aromatic rings. The van der Waals surface area contributed by atoms with Crippen molar-refractivity contribution >= 4 is 121 Å². The summed E-state index contributed by atoms with van der Waals surface area (Å²) in [7, 11) is -0.833. The first-order chi connectivity index (χ1) is 10.3. The van der Waals surface area contributed by atoms with Gasteiger partial charge in [0.25, 0.3) is 0 Å². The van der Waals surface area contributed by atoms with Crippen LogP contribution in [-0.4, -0.2) is 70.0 Å². The van der Waals surface area contributed by atoms with Gasteiger partial charge in [-0.1, -0.05) is 91.9 Å². The summed E-state index contributed by atoms with van der Waals surface area (Å²) in [5, 5.41) is 0.306. The summed E-state index contributed by atoms with van der Waals surface area (Å²) in [5.41, 5.74) is 0. The summed E-state index contributed by atoms with van der Waals surface area (Å²) in [6.45, 7) is 19.1. The minimum Gasteiger partial charge on any atom is -1.00 e. The van der Waals surface area contributed by atoms with Crippen molar-refractivity contribution in [1.82, 2.24) is 0 Å². The minimum absolute atomic E-state index is 0. The second-order valence-corrected chi connectivity index (χ2v) is 26.2. The van der Waals surface area contributed by atoms with E-state index in [9.17, 15) is 0 Å².